The predicted molar refractivity (Wildman–Crippen MR) is 56.9 cm³/mol. The van der Waals surface area contributed by atoms with E-state index in [0.29, 0.717) is 30.0 Å². The van der Waals surface area contributed by atoms with Crippen molar-refractivity contribution in [2.75, 3.05) is 24.2 Å². The molecular formula is C10H11N5. The fourth-order valence-corrected chi connectivity index (χ4v) is 1.18. The van der Waals surface area contributed by atoms with Crippen molar-refractivity contribution in [3.05, 3.63) is 17.8 Å². The van der Waals surface area contributed by atoms with Crippen LogP contribution < -0.4 is 10.6 Å². The minimum Gasteiger partial charge on any atom is -0.396 e. The highest BCUT2D eigenvalue weighted by atomic mass is 15.2. The quantitative estimate of drug-likeness (QED) is 0.784. The molecule has 2 N–H and O–H groups in total. The lowest BCUT2D eigenvalue weighted by Crippen LogP contribution is -2.20. The average molecular weight is 201 g/mol. The van der Waals surface area contributed by atoms with Crippen molar-refractivity contribution in [3.63, 3.8) is 0 Å². The zero-order valence-corrected chi connectivity index (χ0v) is 8.44. The highest BCUT2D eigenvalue weighted by Crippen LogP contribution is 2.19. The molecule has 5 nitrogen and oxygen atoms in total. The number of aromatic nitrogens is 1. The van der Waals surface area contributed by atoms with Crippen LogP contribution in [0, 0.1) is 22.7 Å². The van der Waals surface area contributed by atoms with Gasteiger partial charge in [-0.25, -0.2) is 4.98 Å². The van der Waals surface area contributed by atoms with E-state index in [9.17, 15) is 0 Å². The SMILES string of the molecule is CN(CCC#N)c1ncc(C#N)cc1N. The van der Waals surface area contributed by atoms with E-state index in [4.69, 9.17) is 16.3 Å². The molecule has 0 aliphatic carbocycles. The van der Waals surface area contributed by atoms with Crippen molar-refractivity contribution in [1.82, 2.24) is 4.98 Å². The minimum atomic E-state index is 0.414. The third kappa shape index (κ3) is 2.58. The molecule has 0 radical (unpaired) electrons. The molecule has 0 saturated heterocycles. The minimum absolute atomic E-state index is 0.414. The summed E-state index contributed by atoms with van der Waals surface area (Å²) in [5.41, 5.74) is 6.62. The summed E-state index contributed by atoms with van der Waals surface area (Å²) in [7, 11) is 1.81. The van der Waals surface area contributed by atoms with Crippen LogP contribution in [0.1, 0.15) is 12.0 Å². The first-order valence-electron chi connectivity index (χ1n) is 4.42. The third-order valence-electron chi connectivity index (χ3n) is 1.94. The number of hydrogen-bond acceptors (Lipinski definition) is 5. The van der Waals surface area contributed by atoms with Crippen LogP contribution in [0.25, 0.3) is 0 Å². The first kappa shape index (κ1) is 10.8. The Morgan fingerprint density at radius 3 is 2.80 bits per heavy atom. The maximum Gasteiger partial charge on any atom is 0.151 e. The molecule has 0 bridgehead atoms. The van der Waals surface area contributed by atoms with Crippen molar-refractivity contribution >= 4 is 11.5 Å². The normalized spacial score (nSPS) is 9.00. The number of pyridine rings is 1. The number of nitriles is 2. The van der Waals surface area contributed by atoms with Crippen molar-refractivity contribution in [2.24, 2.45) is 0 Å². The predicted octanol–water partition coefficient (Wildman–Crippen LogP) is 0.885. The molecular weight excluding hydrogens is 190 g/mol. The Bertz CT molecular complexity index is 426. The number of rotatable bonds is 3. The van der Waals surface area contributed by atoms with Crippen LogP contribution in [0.4, 0.5) is 11.5 Å². The third-order valence-corrected chi connectivity index (χ3v) is 1.94. The molecule has 0 amide bonds. The van der Waals surface area contributed by atoms with Gasteiger partial charge in [0.15, 0.2) is 5.82 Å². The summed E-state index contributed by atoms with van der Waals surface area (Å²) in [5.74, 6) is 0.601. The molecule has 76 valence electrons. The number of nitrogens with zero attached hydrogens (tertiary/aromatic N) is 4. The van der Waals surface area contributed by atoms with Crippen LogP contribution in [0.15, 0.2) is 12.3 Å². The van der Waals surface area contributed by atoms with E-state index in [1.807, 2.05) is 19.2 Å². The molecule has 1 rings (SSSR count). The van der Waals surface area contributed by atoms with Gasteiger partial charge in [-0.05, 0) is 6.07 Å². The first-order valence-corrected chi connectivity index (χ1v) is 4.42. The molecule has 5 heteroatoms. The van der Waals surface area contributed by atoms with Crippen molar-refractivity contribution in [3.8, 4) is 12.1 Å². The van der Waals surface area contributed by atoms with Gasteiger partial charge in [0, 0.05) is 19.8 Å². The highest BCUT2D eigenvalue weighted by Gasteiger charge is 2.07. The van der Waals surface area contributed by atoms with E-state index >= 15 is 0 Å². The monoisotopic (exact) mass is 201 g/mol. The van der Waals surface area contributed by atoms with Crippen LogP contribution in [0.3, 0.4) is 0 Å². The largest absolute Gasteiger partial charge is 0.396 e. The summed E-state index contributed by atoms with van der Waals surface area (Å²) in [5, 5.41) is 17.1. The summed E-state index contributed by atoms with van der Waals surface area (Å²) in [6.07, 6.45) is 1.88. The molecule has 0 spiro atoms. The van der Waals surface area contributed by atoms with Crippen LogP contribution in [-0.2, 0) is 0 Å². The Labute approximate surface area is 88.4 Å². The fourth-order valence-electron chi connectivity index (χ4n) is 1.18. The molecule has 1 aromatic rings. The molecule has 1 heterocycles. The van der Waals surface area contributed by atoms with Gasteiger partial charge in [0.25, 0.3) is 0 Å². The average Bonchev–Trinajstić information content (AvgIpc) is 2.25. The lowest BCUT2D eigenvalue weighted by Gasteiger charge is -2.18. The van der Waals surface area contributed by atoms with Crippen molar-refractivity contribution in [1.29, 1.82) is 10.5 Å². The molecule has 0 unspecified atom stereocenters. The topological polar surface area (TPSA) is 89.7 Å². The number of hydrogen-bond donors (Lipinski definition) is 1. The smallest absolute Gasteiger partial charge is 0.151 e. The summed E-state index contributed by atoms with van der Waals surface area (Å²) >= 11 is 0. The van der Waals surface area contributed by atoms with E-state index in [2.05, 4.69) is 4.98 Å². The fraction of sp³-hybridized carbons (Fsp3) is 0.300. The molecule has 0 aromatic carbocycles. The molecule has 0 saturated carbocycles. The van der Waals surface area contributed by atoms with Crippen molar-refractivity contribution in [2.45, 2.75) is 6.42 Å². The maximum atomic E-state index is 8.63. The second kappa shape index (κ2) is 4.83. The van der Waals surface area contributed by atoms with Gasteiger partial charge in [0.1, 0.15) is 6.07 Å². The van der Waals surface area contributed by atoms with E-state index in [1.54, 1.807) is 11.0 Å². The molecule has 0 aliphatic rings. The Balaban J connectivity index is 2.87. The van der Waals surface area contributed by atoms with Gasteiger partial charge < -0.3 is 10.6 Å². The Morgan fingerprint density at radius 2 is 2.27 bits per heavy atom. The van der Waals surface area contributed by atoms with Crippen LogP contribution in [0.5, 0.6) is 0 Å². The second-order valence-corrected chi connectivity index (χ2v) is 3.08. The molecule has 15 heavy (non-hydrogen) atoms. The van der Waals surface area contributed by atoms with Gasteiger partial charge in [-0.2, -0.15) is 10.5 Å². The van der Waals surface area contributed by atoms with Gasteiger partial charge in [-0.1, -0.05) is 0 Å². The number of nitrogen functional groups attached to an aromatic ring is 1. The van der Waals surface area contributed by atoms with Crippen LogP contribution >= 0.6 is 0 Å². The molecule has 0 fully saturated rings. The lowest BCUT2D eigenvalue weighted by atomic mass is 10.2. The van der Waals surface area contributed by atoms with Crippen LogP contribution in [0.2, 0.25) is 0 Å². The highest BCUT2D eigenvalue weighted by molar-refractivity contribution is 5.64. The second-order valence-electron chi connectivity index (χ2n) is 3.08. The molecule has 1 aromatic heterocycles. The van der Waals surface area contributed by atoms with Gasteiger partial charge >= 0.3 is 0 Å². The lowest BCUT2D eigenvalue weighted by molar-refractivity contribution is 0.886. The zero-order chi connectivity index (χ0) is 11.3. The standard InChI is InChI=1S/C10H11N5/c1-15(4-2-3-11)10-9(13)5-8(6-12)7-14-10/h5,7H,2,4,13H2,1H3. The zero-order valence-electron chi connectivity index (χ0n) is 8.44. The van der Waals surface area contributed by atoms with Gasteiger partial charge in [-0.15, -0.1) is 0 Å². The summed E-state index contributed by atoms with van der Waals surface area (Å²) < 4.78 is 0. The Kier molecular flexibility index (Phi) is 3.48. The number of anilines is 2. The van der Waals surface area contributed by atoms with Gasteiger partial charge in [0.2, 0.25) is 0 Å². The van der Waals surface area contributed by atoms with Crippen LogP contribution in [-0.4, -0.2) is 18.6 Å². The molecule has 0 aliphatic heterocycles. The first-order chi connectivity index (χ1) is 7.19. The van der Waals surface area contributed by atoms with E-state index < -0.39 is 0 Å². The van der Waals surface area contributed by atoms with E-state index in [-0.39, 0.29) is 0 Å². The van der Waals surface area contributed by atoms with Crippen molar-refractivity contribution < 1.29 is 0 Å². The number of nitrogens with two attached hydrogens (primary N) is 1. The van der Waals surface area contributed by atoms with E-state index in [1.165, 1.54) is 6.20 Å². The van der Waals surface area contributed by atoms with E-state index in [0.717, 1.165) is 0 Å². The Morgan fingerprint density at radius 1 is 1.53 bits per heavy atom. The Hall–Kier alpha value is -2.27. The summed E-state index contributed by atoms with van der Waals surface area (Å²) in [6, 6.07) is 5.59. The summed E-state index contributed by atoms with van der Waals surface area (Å²) in [6.45, 7) is 0.569. The molecule has 0 atom stereocenters. The summed E-state index contributed by atoms with van der Waals surface area (Å²) in [4.78, 5) is 5.86. The van der Waals surface area contributed by atoms with Gasteiger partial charge in [-0.3, -0.25) is 0 Å². The van der Waals surface area contributed by atoms with Gasteiger partial charge in [0.05, 0.1) is 23.7 Å². The maximum absolute atomic E-state index is 8.63.